The van der Waals surface area contributed by atoms with Gasteiger partial charge in [0.15, 0.2) is 22.6 Å². The number of fused-ring (bicyclic) bond motifs is 4. The molecule has 2 fully saturated rings. The van der Waals surface area contributed by atoms with Crippen LogP contribution in [0.5, 0.6) is 23.0 Å². The molecule has 0 unspecified atom stereocenters. The third-order valence-corrected chi connectivity index (χ3v) is 25.5. The summed E-state index contributed by atoms with van der Waals surface area (Å²) in [7, 11) is 4.47. The van der Waals surface area contributed by atoms with Gasteiger partial charge in [0.05, 0.1) is 98.2 Å². The number of benzene rings is 4. The number of aromatic amines is 1. The van der Waals surface area contributed by atoms with Crippen molar-refractivity contribution < 1.29 is 111 Å². The molecule has 0 radical (unpaired) electrons. The molecule has 41 nitrogen and oxygen atoms in total. The van der Waals surface area contributed by atoms with Crippen molar-refractivity contribution in [2.75, 3.05) is 100 Å². The molecule has 4 aromatic carbocycles. The number of carbonyl (C=O) groups is 7. The van der Waals surface area contributed by atoms with Crippen molar-refractivity contribution in [3.05, 3.63) is 218 Å². The van der Waals surface area contributed by atoms with E-state index in [0.29, 0.717) is 60.6 Å². The van der Waals surface area contributed by atoms with Crippen LogP contribution in [0, 0.1) is 0 Å². The number of hydrogen-bond donors (Lipinski definition) is 6. The number of H-pyrrole nitrogens is 1. The third kappa shape index (κ3) is 26.8. The Hall–Kier alpha value is -15.7. The molecule has 14 heterocycles. The number of morpholine rings is 1. The number of aliphatic hydroxyl groups is 1. The molecule has 2 saturated heterocycles. The van der Waals surface area contributed by atoms with Crippen molar-refractivity contribution in [1.82, 2.24) is 113 Å². The predicted molar refractivity (Wildman–Crippen MR) is 522 cm³/mol. The number of amides is 6. The van der Waals surface area contributed by atoms with Crippen molar-refractivity contribution in [3.63, 3.8) is 0 Å². The van der Waals surface area contributed by atoms with E-state index in [1.807, 2.05) is 19.4 Å². The summed E-state index contributed by atoms with van der Waals surface area (Å²) in [5.74, 6) is -6.51. The van der Waals surface area contributed by atoms with Gasteiger partial charge < -0.3 is 64.6 Å². The van der Waals surface area contributed by atoms with Gasteiger partial charge in [-0.3, -0.25) is 57.6 Å². The first kappa shape index (κ1) is 107. The van der Waals surface area contributed by atoms with E-state index in [0.717, 1.165) is 53.6 Å². The van der Waals surface area contributed by atoms with Crippen molar-refractivity contribution in [1.29, 1.82) is 0 Å². The summed E-state index contributed by atoms with van der Waals surface area (Å²) in [5.41, 5.74) is 4.07. The van der Waals surface area contributed by atoms with Crippen LogP contribution in [0.4, 0.5) is 66.7 Å². The number of likely N-dealkylation sites (tertiary alicyclic amines) is 1. The number of nitrogens with zero attached hydrogens (tertiary/aromatic N) is 22. The standard InChI is InChI=1S/C29H30F4N8O4S.C22H21F2N7O3S.C22H22F2N6O3S.C20H16F2N6O4S/c30-28(31)45-23-3-2-19(46-29(32)33)14-20(23)25-22(36-27(43)21-15-35-41-7-1-6-34-26(21)41)16-40(37-25)17-24(42)39-8-4-18(5-9-39)38-10-12-44-13-11-38;1-29(2)18(32)12-30-11-16(27-21(33)15-10-26-31-8-4-7-25-20(15)31)19(28-30)14-9-13(35-3)5-6-17(14)34-22(23)24;1-3-13(31)11-29-12-17(27-21(32)16-10-26-30-8-4-7-25-20(16)30)19(28-29)15-9-14(34-2)5-6-18(15)33-22(23)24;1-31-16(29)10-33-11-3-4-15(32-20(21)22)12(7-11)17-14(9-24-27-17)26-19(30)13-8-25-28-6-2-5-23-18(13)28/h1-3,6-7,14-16,18,28-29H,4-5,8-13,17H2,(H,36,43);4-11,22H,12H2,1-3H3,(H,27,33);4-10,12-13,22,31H,3,11H2,1-2H3,(H,27,32);2-9,20H,10H2,1H3,(H,24,27)(H,26,30)/t;;13-;/m..0./s1. The largest absolute Gasteiger partial charge is 0.468 e. The summed E-state index contributed by atoms with van der Waals surface area (Å²) in [4.78, 5) is 114. The molecule has 0 spiro atoms. The first-order chi connectivity index (χ1) is 71.4. The summed E-state index contributed by atoms with van der Waals surface area (Å²) in [5, 5.41) is 57.5. The molecule has 16 aromatic rings. The number of rotatable bonds is 35. The van der Waals surface area contributed by atoms with Crippen molar-refractivity contribution in [2.24, 2.45) is 0 Å². The van der Waals surface area contributed by atoms with E-state index in [4.69, 9.17) is 18.9 Å². The van der Waals surface area contributed by atoms with E-state index in [1.54, 1.807) is 111 Å². The molecular weight excluding hydrogens is 2040 g/mol. The van der Waals surface area contributed by atoms with Gasteiger partial charge >= 0.3 is 32.4 Å². The first-order valence-electron chi connectivity index (χ1n) is 44.6. The Bertz CT molecular complexity index is 7400. The molecule has 0 bridgehead atoms. The maximum atomic E-state index is 13.4. The highest BCUT2D eigenvalue weighted by atomic mass is 32.2. The van der Waals surface area contributed by atoms with Crippen molar-refractivity contribution >= 4 is 134 Å². The second-order valence-electron chi connectivity index (χ2n) is 32.0. The molecule has 1 atom stereocenters. The maximum absolute atomic E-state index is 13.4. The number of halogens is 10. The number of thioether (sulfide) groups is 4. The van der Waals surface area contributed by atoms with Crippen molar-refractivity contribution in [3.8, 4) is 68.0 Å². The molecule has 18 rings (SSSR count). The average Bonchev–Trinajstić information content (AvgIpc) is 1.64. The van der Waals surface area contributed by atoms with E-state index < -0.39 is 67.9 Å². The number of carbonyl (C=O) groups excluding carboxylic acids is 7. The van der Waals surface area contributed by atoms with Crippen LogP contribution in [-0.4, -0.2) is 282 Å². The molecule has 6 N–H and O–H groups in total. The van der Waals surface area contributed by atoms with Gasteiger partial charge in [0.25, 0.3) is 29.4 Å². The van der Waals surface area contributed by atoms with Gasteiger partial charge in [-0.2, -0.15) is 84.7 Å². The number of hydrogen-bond acceptors (Lipinski definition) is 31. The Morgan fingerprint density at radius 3 is 1.27 bits per heavy atom. The van der Waals surface area contributed by atoms with E-state index in [1.165, 1.54) is 166 Å². The minimum atomic E-state index is -3.22. The van der Waals surface area contributed by atoms with E-state index in [9.17, 15) is 82.6 Å². The zero-order valence-electron chi connectivity index (χ0n) is 78.7. The summed E-state index contributed by atoms with van der Waals surface area (Å²) in [6.07, 6.45) is 29.0. The van der Waals surface area contributed by atoms with Gasteiger partial charge in [-0.25, -0.2) is 38.0 Å². The quantitative estimate of drug-likeness (QED) is 0.0122. The highest BCUT2D eigenvalue weighted by molar-refractivity contribution is 8.00. The molecule has 0 aliphatic carbocycles. The SMILES string of the molecule is CC[C@H](O)Cn1cc(NC(=O)c2cnn3cccnc23)c(-c2cc(SC)ccc2OC(F)F)n1.COC(=O)CSc1ccc(OC(F)F)c(-c2[nH]ncc2NC(=O)c2cnn3cccnc23)c1.CSc1ccc(OC(F)F)c(-c2nn(CC(=O)N(C)C)cc2NC(=O)c2cnn3cccnc23)c1.O=C(Nc1cn(CC(=O)N2CCC(N3CCOCC3)CC2)nc1-c1cc(SC(F)F)ccc1OC(F)F)c1cnn2cccnc12. The molecule has 55 heteroatoms. The van der Waals surface area contributed by atoms with E-state index in [2.05, 4.69) is 101 Å². The topological polar surface area (TPSA) is 456 Å². The third-order valence-electron chi connectivity index (χ3n) is 22.3. The van der Waals surface area contributed by atoms with Gasteiger partial charge in [-0.1, -0.05) is 18.7 Å². The molecule has 148 heavy (non-hydrogen) atoms. The van der Waals surface area contributed by atoms with Crippen LogP contribution in [0.3, 0.4) is 0 Å². The highest BCUT2D eigenvalue weighted by Gasteiger charge is 2.33. The number of nitrogens with one attached hydrogen (secondary N) is 5. The van der Waals surface area contributed by atoms with Crippen LogP contribution >= 0.6 is 47.0 Å². The number of anilines is 4. The zero-order valence-corrected chi connectivity index (χ0v) is 82.0. The molecular formula is C93H89F10N27O14S4. The summed E-state index contributed by atoms with van der Waals surface area (Å²) in [6.45, 7) is -6.51. The Balaban J connectivity index is 0.000000149. The first-order valence-corrected chi connectivity index (χ1v) is 48.9. The van der Waals surface area contributed by atoms with Crippen LogP contribution < -0.4 is 40.2 Å². The molecule has 774 valence electrons. The number of piperidine rings is 1. The highest BCUT2D eigenvalue weighted by Crippen LogP contribution is 2.44. The van der Waals surface area contributed by atoms with Gasteiger partial charge in [-0.05, 0) is 129 Å². The lowest BCUT2D eigenvalue weighted by molar-refractivity contribution is -0.137. The molecule has 6 amide bonds. The van der Waals surface area contributed by atoms with Gasteiger partial charge in [0.1, 0.15) is 75.4 Å². The lowest BCUT2D eigenvalue weighted by Gasteiger charge is -2.40. The minimum absolute atomic E-state index is 0.0271. The number of alkyl halides is 10. The zero-order chi connectivity index (χ0) is 105. The van der Waals surface area contributed by atoms with Crippen LogP contribution in [0.1, 0.15) is 67.6 Å². The summed E-state index contributed by atoms with van der Waals surface area (Å²) < 4.78 is 170. The normalized spacial score (nSPS) is 13.0. The van der Waals surface area contributed by atoms with Crippen LogP contribution in [0.15, 0.2) is 216 Å². The number of esters is 1. The minimum Gasteiger partial charge on any atom is -0.468 e. The second kappa shape index (κ2) is 49.4. The van der Waals surface area contributed by atoms with Gasteiger partial charge in [0, 0.05) is 156 Å². The van der Waals surface area contributed by atoms with Crippen LogP contribution in [-0.2, 0) is 43.5 Å². The lowest BCUT2D eigenvalue weighted by Crippen LogP contribution is -2.50. The monoisotopic (exact) mass is 2130 g/mol. The molecule has 2 aliphatic rings. The smallest absolute Gasteiger partial charge is 0.387 e. The van der Waals surface area contributed by atoms with Crippen LogP contribution in [0.25, 0.3) is 67.6 Å². The number of aromatic nitrogens is 20. The molecule has 12 aromatic heterocycles. The predicted octanol–water partition coefficient (Wildman–Crippen LogP) is 14.5. The van der Waals surface area contributed by atoms with Crippen molar-refractivity contribution in [2.45, 2.75) is 110 Å². The fourth-order valence-electron chi connectivity index (χ4n) is 15.3. The lowest BCUT2D eigenvalue weighted by atomic mass is 10.0. The Kier molecular flexibility index (Phi) is 35.6. The molecule has 2 aliphatic heterocycles. The Labute approximate surface area is 849 Å². The fourth-order valence-corrected chi connectivity index (χ4v) is 17.5. The molecule has 0 saturated carbocycles. The number of aliphatic hydroxyl groups excluding tert-OH is 1. The number of likely N-dealkylation sites (N-methyl/N-ethyl adjacent to an activating group) is 1. The van der Waals surface area contributed by atoms with Gasteiger partial charge in [-0.15, -0.1) is 35.3 Å². The summed E-state index contributed by atoms with van der Waals surface area (Å²) in [6, 6.07) is 24.5. The fraction of sp³-hybridized carbons (Fsp3) is 0.280. The van der Waals surface area contributed by atoms with E-state index in [-0.39, 0.29) is 173 Å². The second-order valence-corrected chi connectivity index (χ2v) is 35.8. The Morgan fingerprint density at radius 1 is 0.493 bits per heavy atom. The number of methoxy groups -OCH3 is 1. The Morgan fingerprint density at radius 2 is 0.872 bits per heavy atom. The van der Waals surface area contributed by atoms with E-state index >= 15 is 0 Å². The summed E-state index contributed by atoms with van der Waals surface area (Å²) >= 11 is 4.19. The average molecular weight is 2130 g/mol. The maximum Gasteiger partial charge on any atom is 0.387 e. The number of ether oxygens (including phenoxy) is 6. The van der Waals surface area contributed by atoms with Crippen LogP contribution in [0.2, 0.25) is 0 Å². The van der Waals surface area contributed by atoms with Gasteiger partial charge in [0.2, 0.25) is 11.8 Å².